The zero-order valence-electron chi connectivity index (χ0n) is 10.5. The van der Waals surface area contributed by atoms with Gasteiger partial charge in [-0.05, 0) is 20.4 Å². The molecule has 4 heteroatoms. The van der Waals surface area contributed by atoms with Gasteiger partial charge >= 0.3 is 0 Å². The first-order valence-electron chi connectivity index (χ1n) is 6.30. The lowest BCUT2D eigenvalue weighted by molar-refractivity contribution is -0.0217. The quantitative estimate of drug-likeness (QED) is 0.752. The van der Waals surface area contributed by atoms with Crippen molar-refractivity contribution >= 4 is 0 Å². The van der Waals surface area contributed by atoms with Crippen molar-refractivity contribution in [1.82, 2.24) is 10.2 Å². The van der Waals surface area contributed by atoms with E-state index in [9.17, 15) is 0 Å². The highest BCUT2D eigenvalue weighted by Gasteiger charge is 2.37. The number of morpholine rings is 1. The molecule has 0 aliphatic carbocycles. The Balaban J connectivity index is 1.93. The zero-order chi connectivity index (χ0) is 11.4. The van der Waals surface area contributed by atoms with E-state index >= 15 is 0 Å². The van der Waals surface area contributed by atoms with Gasteiger partial charge in [0.15, 0.2) is 0 Å². The van der Waals surface area contributed by atoms with Crippen molar-refractivity contribution in [2.75, 3.05) is 53.1 Å². The van der Waals surface area contributed by atoms with E-state index < -0.39 is 0 Å². The molecular weight excluding hydrogens is 204 g/mol. The minimum atomic E-state index is 0.320. The predicted octanol–water partition coefficient (Wildman–Crippen LogP) is 0.333. The second-order valence-electron chi connectivity index (χ2n) is 5.23. The third-order valence-corrected chi connectivity index (χ3v) is 3.78. The third kappa shape index (κ3) is 2.74. The van der Waals surface area contributed by atoms with Crippen molar-refractivity contribution < 1.29 is 9.47 Å². The van der Waals surface area contributed by atoms with Gasteiger partial charge in [0.05, 0.1) is 19.8 Å². The van der Waals surface area contributed by atoms with E-state index in [4.69, 9.17) is 9.47 Å². The van der Waals surface area contributed by atoms with E-state index in [1.807, 2.05) is 7.05 Å². The molecule has 1 N–H and O–H groups in total. The summed E-state index contributed by atoms with van der Waals surface area (Å²) >= 11 is 0. The molecule has 0 radical (unpaired) electrons. The topological polar surface area (TPSA) is 33.7 Å². The molecule has 0 aromatic carbocycles. The molecule has 2 unspecified atom stereocenters. The van der Waals surface area contributed by atoms with Crippen LogP contribution >= 0.6 is 0 Å². The monoisotopic (exact) mass is 228 g/mol. The molecule has 2 heterocycles. The Morgan fingerprint density at radius 1 is 1.38 bits per heavy atom. The average molecular weight is 228 g/mol. The molecule has 0 aromatic rings. The average Bonchev–Trinajstić information content (AvgIpc) is 2.71. The molecule has 0 spiro atoms. The zero-order valence-corrected chi connectivity index (χ0v) is 10.5. The molecule has 0 saturated carbocycles. The van der Waals surface area contributed by atoms with Gasteiger partial charge in [0, 0.05) is 37.7 Å². The van der Waals surface area contributed by atoms with Crippen LogP contribution in [0.25, 0.3) is 0 Å². The second kappa shape index (κ2) is 5.45. The number of hydrogen-bond donors (Lipinski definition) is 1. The summed E-state index contributed by atoms with van der Waals surface area (Å²) in [4.78, 5) is 2.55. The van der Waals surface area contributed by atoms with Gasteiger partial charge in [-0.15, -0.1) is 0 Å². The Morgan fingerprint density at radius 3 is 2.88 bits per heavy atom. The summed E-state index contributed by atoms with van der Waals surface area (Å²) in [5.74, 6) is 0. The van der Waals surface area contributed by atoms with E-state index in [-0.39, 0.29) is 0 Å². The van der Waals surface area contributed by atoms with Gasteiger partial charge in [0.25, 0.3) is 0 Å². The molecule has 2 atom stereocenters. The van der Waals surface area contributed by atoms with E-state index in [0.717, 1.165) is 46.1 Å². The van der Waals surface area contributed by atoms with Crippen LogP contribution in [0.3, 0.4) is 0 Å². The van der Waals surface area contributed by atoms with Crippen LogP contribution in [0.5, 0.6) is 0 Å². The van der Waals surface area contributed by atoms with Crippen LogP contribution in [0.1, 0.15) is 13.3 Å². The van der Waals surface area contributed by atoms with Gasteiger partial charge in [-0.2, -0.15) is 0 Å². The van der Waals surface area contributed by atoms with Crippen molar-refractivity contribution in [3.05, 3.63) is 0 Å². The number of rotatable bonds is 4. The fourth-order valence-electron chi connectivity index (χ4n) is 2.77. The molecule has 2 aliphatic rings. The lowest BCUT2D eigenvalue weighted by Gasteiger charge is -2.39. The van der Waals surface area contributed by atoms with Crippen molar-refractivity contribution in [2.45, 2.75) is 19.4 Å². The van der Waals surface area contributed by atoms with Crippen LogP contribution in [0.2, 0.25) is 0 Å². The molecule has 94 valence electrons. The first-order chi connectivity index (χ1) is 7.76. The van der Waals surface area contributed by atoms with Crippen molar-refractivity contribution in [2.24, 2.45) is 5.41 Å². The molecule has 2 saturated heterocycles. The van der Waals surface area contributed by atoms with Crippen LogP contribution in [-0.4, -0.2) is 64.1 Å². The summed E-state index contributed by atoms with van der Waals surface area (Å²) < 4.78 is 11.1. The Morgan fingerprint density at radius 2 is 2.25 bits per heavy atom. The van der Waals surface area contributed by atoms with Crippen molar-refractivity contribution in [3.63, 3.8) is 0 Å². The first-order valence-corrected chi connectivity index (χ1v) is 6.30. The number of hydrogen-bond acceptors (Lipinski definition) is 4. The smallest absolute Gasteiger partial charge is 0.0619 e. The van der Waals surface area contributed by atoms with Crippen LogP contribution < -0.4 is 5.32 Å². The van der Waals surface area contributed by atoms with Crippen molar-refractivity contribution in [1.29, 1.82) is 0 Å². The predicted molar refractivity (Wildman–Crippen MR) is 63.6 cm³/mol. The number of nitrogens with zero attached hydrogens (tertiary/aromatic N) is 1. The second-order valence-corrected chi connectivity index (χ2v) is 5.23. The summed E-state index contributed by atoms with van der Waals surface area (Å²) in [5.41, 5.74) is 0.320. The van der Waals surface area contributed by atoms with E-state index in [2.05, 4.69) is 17.1 Å². The minimum absolute atomic E-state index is 0.320. The lowest BCUT2D eigenvalue weighted by Crippen LogP contribution is -2.51. The fourth-order valence-corrected chi connectivity index (χ4v) is 2.77. The van der Waals surface area contributed by atoms with Gasteiger partial charge < -0.3 is 14.8 Å². The maximum Gasteiger partial charge on any atom is 0.0619 e. The van der Waals surface area contributed by atoms with Crippen LogP contribution in [0, 0.1) is 5.41 Å². The summed E-state index contributed by atoms with van der Waals surface area (Å²) in [5, 5.41) is 3.32. The number of ether oxygens (including phenoxy) is 2. The summed E-state index contributed by atoms with van der Waals surface area (Å²) in [7, 11) is 2.03. The van der Waals surface area contributed by atoms with Gasteiger partial charge in [0.2, 0.25) is 0 Å². The standard InChI is InChI=1S/C12H24N2O2/c1-11-7-15-6-4-14(11)9-12(8-13-2)3-5-16-10-12/h11,13H,3-10H2,1-2H3. The van der Waals surface area contributed by atoms with Gasteiger partial charge in [0.1, 0.15) is 0 Å². The Hall–Kier alpha value is -0.160. The minimum Gasteiger partial charge on any atom is -0.381 e. The highest BCUT2D eigenvalue weighted by atomic mass is 16.5. The molecule has 0 amide bonds. The maximum absolute atomic E-state index is 5.59. The summed E-state index contributed by atoms with van der Waals surface area (Å²) in [6.45, 7) is 9.07. The third-order valence-electron chi connectivity index (χ3n) is 3.78. The van der Waals surface area contributed by atoms with E-state index in [1.165, 1.54) is 6.42 Å². The highest BCUT2D eigenvalue weighted by molar-refractivity contribution is 4.89. The Bertz CT molecular complexity index is 217. The molecule has 0 bridgehead atoms. The molecule has 2 rings (SSSR count). The molecule has 0 aromatic heterocycles. The van der Waals surface area contributed by atoms with Crippen molar-refractivity contribution in [3.8, 4) is 0 Å². The van der Waals surface area contributed by atoms with Gasteiger partial charge in [-0.1, -0.05) is 0 Å². The number of nitrogens with one attached hydrogen (secondary N) is 1. The fraction of sp³-hybridized carbons (Fsp3) is 1.00. The Kier molecular flexibility index (Phi) is 4.19. The lowest BCUT2D eigenvalue weighted by atomic mass is 9.86. The molecule has 2 fully saturated rings. The molecule has 16 heavy (non-hydrogen) atoms. The Labute approximate surface area is 98.3 Å². The molecule has 4 nitrogen and oxygen atoms in total. The van der Waals surface area contributed by atoms with Crippen LogP contribution in [0.15, 0.2) is 0 Å². The van der Waals surface area contributed by atoms with Gasteiger partial charge in [-0.25, -0.2) is 0 Å². The normalized spacial score (nSPS) is 36.8. The molecular formula is C12H24N2O2. The first kappa shape index (κ1) is 12.3. The van der Waals surface area contributed by atoms with Crippen LogP contribution in [-0.2, 0) is 9.47 Å². The summed E-state index contributed by atoms with van der Waals surface area (Å²) in [6, 6.07) is 0.545. The largest absolute Gasteiger partial charge is 0.381 e. The molecule has 2 aliphatic heterocycles. The van der Waals surface area contributed by atoms with Gasteiger partial charge in [-0.3, -0.25) is 4.90 Å². The highest BCUT2D eigenvalue weighted by Crippen LogP contribution is 2.30. The maximum atomic E-state index is 5.59. The summed E-state index contributed by atoms with van der Waals surface area (Å²) in [6.07, 6.45) is 1.18. The van der Waals surface area contributed by atoms with E-state index in [0.29, 0.717) is 11.5 Å². The van der Waals surface area contributed by atoms with Crippen LogP contribution in [0.4, 0.5) is 0 Å². The SMILES string of the molecule is CNCC1(CN2CCOCC2C)CCOC1. The van der Waals surface area contributed by atoms with E-state index in [1.54, 1.807) is 0 Å².